The van der Waals surface area contributed by atoms with Gasteiger partial charge in [-0.3, -0.25) is 9.36 Å². The minimum atomic E-state index is -0.145. The third-order valence-corrected chi connectivity index (χ3v) is 6.99. The summed E-state index contributed by atoms with van der Waals surface area (Å²) < 4.78 is 7.54. The third-order valence-electron chi connectivity index (χ3n) is 5.85. The molecule has 1 fully saturated rings. The normalized spacial score (nSPS) is 18.1. The first-order valence-electron chi connectivity index (χ1n) is 10.9. The van der Waals surface area contributed by atoms with E-state index in [2.05, 4.69) is 15.2 Å². The maximum Gasteiger partial charge on any atom is 0.277 e. The topological polar surface area (TPSA) is 75.5 Å². The van der Waals surface area contributed by atoms with Crippen molar-refractivity contribution in [3.63, 3.8) is 0 Å². The molecule has 0 aliphatic carbocycles. The van der Waals surface area contributed by atoms with E-state index >= 15 is 0 Å². The quantitative estimate of drug-likeness (QED) is 0.544. The van der Waals surface area contributed by atoms with Crippen LogP contribution in [-0.2, 0) is 11.8 Å². The molecule has 10 heteroatoms. The number of nitrogens with one attached hydrogen (secondary N) is 1. The van der Waals surface area contributed by atoms with Gasteiger partial charge in [0.25, 0.3) is 5.56 Å². The van der Waals surface area contributed by atoms with Gasteiger partial charge in [-0.05, 0) is 32.0 Å². The van der Waals surface area contributed by atoms with E-state index in [9.17, 15) is 4.79 Å². The van der Waals surface area contributed by atoms with Crippen molar-refractivity contribution in [1.82, 2.24) is 14.5 Å². The molecule has 2 atom stereocenters. The number of nitrogens with zero attached hydrogens (tertiary/aromatic N) is 5. The van der Waals surface area contributed by atoms with Gasteiger partial charge in [0.15, 0.2) is 5.13 Å². The first-order chi connectivity index (χ1) is 15.8. The summed E-state index contributed by atoms with van der Waals surface area (Å²) in [5, 5.41) is 6.91. The molecule has 0 radical (unpaired) electrons. The van der Waals surface area contributed by atoms with Crippen molar-refractivity contribution in [2.75, 3.05) is 48.9 Å². The van der Waals surface area contributed by atoms with Crippen molar-refractivity contribution in [2.45, 2.75) is 26.0 Å². The van der Waals surface area contributed by atoms with Crippen LogP contribution in [0.15, 0.2) is 34.6 Å². The van der Waals surface area contributed by atoms with E-state index in [-0.39, 0.29) is 17.7 Å². The number of hydrogen-bond acceptors (Lipinski definition) is 8. The molecule has 0 unspecified atom stereocenters. The highest BCUT2D eigenvalue weighted by Gasteiger charge is 2.35. The predicted octanol–water partition coefficient (Wildman–Crippen LogP) is 3.64. The molecule has 0 spiro atoms. The van der Waals surface area contributed by atoms with Gasteiger partial charge in [0.1, 0.15) is 11.5 Å². The van der Waals surface area contributed by atoms with Crippen molar-refractivity contribution in [1.29, 1.82) is 0 Å². The van der Waals surface area contributed by atoms with Crippen molar-refractivity contribution in [3.8, 4) is 11.4 Å². The van der Waals surface area contributed by atoms with Gasteiger partial charge in [0, 0.05) is 63.7 Å². The number of hydrogen-bond donors (Lipinski definition) is 1. The lowest BCUT2D eigenvalue weighted by molar-refractivity contribution is 0.0720. The average Bonchev–Trinajstić information content (AvgIpc) is 3.44. The number of halogens is 1. The maximum absolute atomic E-state index is 13.4. The van der Waals surface area contributed by atoms with Crippen LogP contribution in [0.2, 0.25) is 5.02 Å². The third kappa shape index (κ3) is 4.71. The van der Waals surface area contributed by atoms with Gasteiger partial charge in [0.2, 0.25) is 0 Å². The highest BCUT2D eigenvalue weighted by molar-refractivity contribution is 7.13. The molecule has 1 aromatic carbocycles. The number of benzene rings is 1. The second-order valence-corrected chi connectivity index (χ2v) is 9.56. The van der Waals surface area contributed by atoms with E-state index in [1.54, 1.807) is 29.1 Å². The summed E-state index contributed by atoms with van der Waals surface area (Å²) in [5.41, 5.74) is 2.67. The molecule has 0 saturated carbocycles. The first kappa shape index (κ1) is 23.5. The summed E-state index contributed by atoms with van der Waals surface area (Å²) in [6, 6.07) is 5.69. The largest absolute Gasteiger partial charge is 0.378 e. The van der Waals surface area contributed by atoms with E-state index in [1.165, 1.54) is 0 Å². The zero-order valence-electron chi connectivity index (χ0n) is 19.5. The fourth-order valence-electron chi connectivity index (χ4n) is 4.09. The summed E-state index contributed by atoms with van der Waals surface area (Å²) in [6.07, 6.45) is 1.74. The lowest BCUT2D eigenvalue weighted by Gasteiger charge is -2.22. The second-order valence-electron chi connectivity index (χ2n) is 8.28. The molecule has 4 rings (SSSR count). The Morgan fingerprint density at radius 1 is 1.33 bits per heavy atom. The van der Waals surface area contributed by atoms with Gasteiger partial charge in [0.05, 0.1) is 22.9 Å². The lowest BCUT2D eigenvalue weighted by atomic mass is 10.1. The zero-order chi connectivity index (χ0) is 23.7. The molecule has 176 valence electrons. The van der Waals surface area contributed by atoms with Crippen LogP contribution in [0.4, 0.5) is 16.5 Å². The highest BCUT2D eigenvalue weighted by Crippen LogP contribution is 2.31. The van der Waals surface area contributed by atoms with Crippen molar-refractivity contribution in [2.24, 2.45) is 7.05 Å². The van der Waals surface area contributed by atoms with E-state index < -0.39 is 0 Å². The summed E-state index contributed by atoms with van der Waals surface area (Å²) in [5.74, 6) is 0.538. The second kappa shape index (κ2) is 9.70. The molecule has 1 N–H and O–H groups in total. The molecule has 1 saturated heterocycles. The number of aromatic nitrogens is 3. The molecule has 3 heterocycles. The van der Waals surface area contributed by atoms with Crippen LogP contribution < -0.4 is 20.7 Å². The van der Waals surface area contributed by atoms with Gasteiger partial charge in [-0.2, -0.15) is 0 Å². The Hall–Kier alpha value is -2.62. The summed E-state index contributed by atoms with van der Waals surface area (Å²) in [6.45, 7) is 5.84. The van der Waals surface area contributed by atoms with Gasteiger partial charge < -0.3 is 19.9 Å². The lowest BCUT2D eigenvalue weighted by Crippen LogP contribution is -2.38. The van der Waals surface area contributed by atoms with E-state index in [1.807, 2.05) is 56.4 Å². The predicted molar refractivity (Wildman–Crippen MR) is 136 cm³/mol. The standard InChI is InChI=1S/C23H29ClN6O2S/c1-6-32-19-13-30(23-25-9-10-33-23)12-18(19)27-20-14(2)26-21(29(5)22(20)31)16-8-7-15(28(3)4)11-17(16)24/h7-11,18-19,27H,6,12-13H2,1-5H3/t18-,19-/m1/s1. The van der Waals surface area contributed by atoms with E-state index in [0.29, 0.717) is 35.4 Å². The molecular weight excluding hydrogens is 460 g/mol. The molecular formula is C23H29ClN6O2S. The summed E-state index contributed by atoms with van der Waals surface area (Å²) >= 11 is 8.15. The Labute approximate surface area is 202 Å². The van der Waals surface area contributed by atoms with Crippen molar-refractivity contribution in [3.05, 3.63) is 50.8 Å². The monoisotopic (exact) mass is 488 g/mol. The maximum atomic E-state index is 13.4. The van der Waals surface area contributed by atoms with Crippen LogP contribution in [0.1, 0.15) is 12.6 Å². The Morgan fingerprint density at radius 2 is 2.12 bits per heavy atom. The van der Waals surface area contributed by atoms with Crippen molar-refractivity contribution >= 4 is 39.4 Å². The van der Waals surface area contributed by atoms with Crippen LogP contribution in [-0.4, -0.2) is 60.5 Å². The minimum absolute atomic E-state index is 0.0594. The van der Waals surface area contributed by atoms with E-state index in [4.69, 9.17) is 21.3 Å². The molecule has 0 amide bonds. The Bertz CT molecular complexity index is 1180. The zero-order valence-corrected chi connectivity index (χ0v) is 21.1. The fourth-order valence-corrected chi connectivity index (χ4v) is 5.01. The molecule has 8 nitrogen and oxygen atoms in total. The average molecular weight is 489 g/mol. The molecule has 1 aliphatic rings. The van der Waals surface area contributed by atoms with E-state index in [0.717, 1.165) is 22.9 Å². The first-order valence-corrected chi connectivity index (χ1v) is 12.1. The molecule has 33 heavy (non-hydrogen) atoms. The Kier molecular flexibility index (Phi) is 6.92. The Morgan fingerprint density at radius 3 is 2.76 bits per heavy atom. The molecule has 2 aromatic heterocycles. The number of rotatable bonds is 7. The number of aryl methyl sites for hydroxylation is 1. The fraction of sp³-hybridized carbons (Fsp3) is 0.435. The van der Waals surface area contributed by atoms with Crippen LogP contribution >= 0.6 is 22.9 Å². The number of ether oxygens (including phenoxy) is 1. The molecule has 1 aliphatic heterocycles. The smallest absolute Gasteiger partial charge is 0.277 e. The highest BCUT2D eigenvalue weighted by atomic mass is 35.5. The van der Waals surface area contributed by atoms with Gasteiger partial charge in [-0.1, -0.05) is 11.6 Å². The van der Waals surface area contributed by atoms with Gasteiger partial charge in [-0.15, -0.1) is 11.3 Å². The van der Waals surface area contributed by atoms with Gasteiger partial charge in [-0.25, -0.2) is 9.97 Å². The molecule has 0 bridgehead atoms. The minimum Gasteiger partial charge on any atom is -0.378 e. The van der Waals surface area contributed by atoms with Crippen molar-refractivity contribution < 1.29 is 4.74 Å². The van der Waals surface area contributed by atoms with Crippen LogP contribution in [0.5, 0.6) is 0 Å². The van der Waals surface area contributed by atoms with Crippen LogP contribution in [0, 0.1) is 6.92 Å². The SMILES string of the molecule is CCO[C@@H]1CN(c2nccs2)C[C@H]1Nc1c(C)nc(-c2ccc(N(C)C)cc2Cl)n(C)c1=O. The van der Waals surface area contributed by atoms with Crippen LogP contribution in [0.3, 0.4) is 0 Å². The summed E-state index contributed by atoms with van der Waals surface area (Å²) in [7, 11) is 5.64. The van der Waals surface area contributed by atoms with Crippen LogP contribution in [0.25, 0.3) is 11.4 Å². The number of thiazole rings is 1. The van der Waals surface area contributed by atoms with Gasteiger partial charge >= 0.3 is 0 Å². The summed E-state index contributed by atoms with van der Waals surface area (Å²) in [4.78, 5) is 26.7. The Balaban J connectivity index is 1.64. The molecule has 3 aromatic rings. The number of anilines is 3.